The van der Waals surface area contributed by atoms with Gasteiger partial charge in [-0.15, -0.1) is 0 Å². The van der Waals surface area contributed by atoms with Crippen molar-refractivity contribution in [3.63, 3.8) is 0 Å². The van der Waals surface area contributed by atoms with Gasteiger partial charge in [0.25, 0.3) is 0 Å². The van der Waals surface area contributed by atoms with E-state index < -0.39 is 0 Å². The molecule has 20 heavy (non-hydrogen) atoms. The summed E-state index contributed by atoms with van der Waals surface area (Å²) < 4.78 is 20.5. The van der Waals surface area contributed by atoms with E-state index in [0.29, 0.717) is 5.56 Å². The Morgan fingerprint density at radius 2 is 1.95 bits per heavy atom. The minimum absolute atomic E-state index is 0.237. The van der Waals surface area contributed by atoms with Crippen LogP contribution >= 0.6 is 15.9 Å². The molecule has 0 amide bonds. The van der Waals surface area contributed by atoms with Gasteiger partial charge in [-0.1, -0.05) is 45.8 Å². The summed E-state index contributed by atoms with van der Waals surface area (Å²) in [5, 5.41) is 3.17. The van der Waals surface area contributed by atoms with E-state index in [1.54, 1.807) is 18.2 Å². The van der Waals surface area contributed by atoms with Crippen molar-refractivity contribution in [2.75, 3.05) is 14.2 Å². The molecular weight excluding hydrogens is 321 g/mol. The molecular formula is C16H17BrFNO. The maximum atomic E-state index is 14.4. The number of ether oxygens (including phenoxy) is 1. The average molecular weight is 338 g/mol. The van der Waals surface area contributed by atoms with Gasteiger partial charge in [0.1, 0.15) is 0 Å². The number of halogens is 2. The zero-order valence-electron chi connectivity index (χ0n) is 11.7. The van der Waals surface area contributed by atoms with Crippen LogP contribution in [0.5, 0.6) is 5.75 Å². The highest BCUT2D eigenvalue weighted by Gasteiger charge is 2.20. The lowest BCUT2D eigenvalue weighted by Crippen LogP contribution is -2.19. The number of hydrogen-bond acceptors (Lipinski definition) is 2. The predicted octanol–water partition coefficient (Wildman–Crippen LogP) is 4.21. The zero-order chi connectivity index (χ0) is 14.7. The third-order valence-electron chi connectivity index (χ3n) is 3.28. The van der Waals surface area contributed by atoms with Crippen LogP contribution in [-0.2, 0) is 0 Å². The first-order valence-corrected chi connectivity index (χ1v) is 7.13. The fourth-order valence-corrected chi connectivity index (χ4v) is 2.75. The lowest BCUT2D eigenvalue weighted by atomic mass is 9.97. The van der Waals surface area contributed by atoms with Crippen LogP contribution in [0.4, 0.5) is 4.39 Å². The normalized spacial score (nSPS) is 12.2. The lowest BCUT2D eigenvalue weighted by Gasteiger charge is -2.20. The van der Waals surface area contributed by atoms with Crippen LogP contribution in [0.25, 0.3) is 0 Å². The lowest BCUT2D eigenvalue weighted by molar-refractivity contribution is 0.382. The van der Waals surface area contributed by atoms with Gasteiger partial charge < -0.3 is 10.1 Å². The molecule has 2 nitrogen and oxygen atoms in total. The van der Waals surface area contributed by atoms with E-state index >= 15 is 0 Å². The van der Waals surface area contributed by atoms with Gasteiger partial charge in [0.05, 0.1) is 13.2 Å². The fourth-order valence-electron chi connectivity index (χ4n) is 2.27. The van der Waals surface area contributed by atoms with Crippen molar-refractivity contribution in [1.29, 1.82) is 0 Å². The van der Waals surface area contributed by atoms with Crippen molar-refractivity contribution < 1.29 is 9.13 Å². The van der Waals surface area contributed by atoms with Crippen LogP contribution in [0.15, 0.2) is 40.9 Å². The topological polar surface area (TPSA) is 21.3 Å². The van der Waals surface area contributed by atoms with E-state index in [-0.39, 0.29) is 17.6 Å². The molecule has 0 aromatic heterocycles. The smallest absolute Gasteiger partial charge is 0.170 e. The minimum atomic E-state index is -0.331. The van der Waals surface area contributed by atoms with Crippen molar-refractivity contribution in [1.82, 2.24) is 5.32 Å². The van der Waals surface area contributed by atoms with Crippen LogP contribution in [-0.4, -0.2) is 14.2 Å². The number of nitrogens with one attached hydrogen (secondary N) is 1. The molecule has 0 radical (unpaired) electrons. The van der Waals surface area contributed by atoms with Crippen molar-refractivity contribution in [2.45, 2.75) is 13.0 Å². The highest BCUT2D eigenvalue weighted by Crippen LogP contribution is 2.33. The molecule has 106 valence electrons. The molecule has 0 aliphatic heterocycles. The molecule has 2 rings (SSSR count). The molecule has 1 atom stereocenters. The Morgan fingerprint density at radius 1 is 1.20 bits per heavy atom. The second-order valence-electron chi connectivity index (χ2n) is 4.61. The highest BCUT2D eigenvalue weighted by atomic mass is 79.9. The van der Waals surface area contributed by atoms with Crippen LogP contribution in [0.1, 0.15) is 22.7 Å². The van der Waals surface area contributed by atoms with Gasteiger partial charge in [-0.3, -0.25) is 0 Å². The second kappa shape index (κ2) is 6.37. The Labute approximate surface area is 127 Å². The monoisotopic (exact) mass is 337 g/mol. The number of rotatable bonds is 4. The molecule has 0 heterocycles. The molecule has 2 aromatic rings. The van der Waals surface area contributed by atoms with Crippen molar-refractivity contribution in [2.24, 2.45) is 0 Å². The summed E-state index contributed by atoms with van der Waals surface area (Å²) in [7, 11) is 3.29. The van der Waals surface area contributed by atoms with Crippen molar-refractivity contribution >= 4 is 15.9 Å². The van der Waals surface area contributed by atoms with Crippen LogP contribution < -0.4 is 10.1 Å². The SMILES string of the molecule is CNC(c1cc(C)ccc1Br)c1cccc(OC)c1F. The number of methoxy groups -OCH3 is 1. The predicted molar refractivity (Wildman–Crippen MR) is 82.7 cm³/mol. The molecule has 2 aromatic carbocycles. The van der Waals surface area contributed by atoms with Crippen LogP contribution in [0, 0.1) is 12.7 Å². The van der Waals surface area contributed by atoms with Gasteiger partial charge in [-0.25, -0.2) is 4.39 Å². The summed E-state index contributed by atoms with van der Waals surface area (Å²) in [5.74, 6) is -0.0747. The van der Waals surface area contributed by atoms with E-state index in [0.717, 1.165) is 15.6 Å². The third-order valence-corrected chi connectivity index (χ3v) is 4.00. The first-order valence-electron chi connectivity index (χ1n) is 6.34. The largest absolute Gasteiger partial charge is 0.494 e. The van der Waals surface area contributed by atoms with Crippen molar-refractivity contribution in [3.05, 3.63) is 63.4 Å². The molecule has 0 bridgehead atoms. The Balaban J connectivity index is 2.55. The first kappa shape index (κ1) is 15.0. The molecule has 0 spiro atoms. The van der Waals surface area contributed by atoms with Gasteiger partial charge in [0, 0.05) is 10.0 Å². The van der Waals surface area contributed by atoms with Gasteiger partial charge in [0.15, 0.2) is 11.6 Å². The number of benzene rings is 2. The molecule has 0 aliphatic carbocycles. The second-order valence-corrected chi connectivity index (χ2v) is 5.46. The van der Waals surface area contributed by atoms with E-state index in [4.69, 9.17) is 4.74 Å². The van der Waals surface area contributed by atoms with Gasteiger partial charge >= 0.3 is 0 Å². The minimum Gasteiger partial charge on any atom is -0.494 e. The number of aryl methyl sites for hydroxylation is 1. The summed E-state index contributed by atoms with van der Waals surface area (Å²) in [6, 6.07) is 11.0. The molecule has 0 aliphatic rings. The van der Waals surface area contributed by atoms with Gasteiger partial charge in [0.2, 0.25) is 0 Å². The van der Waals surface area contributed by atoms with Crippen LogP contribution in [0.3, 0.4) is 0 Å². The van der Waals surface area contributed by atoms with Crippen LogP contribution in [0.2, 0.25) is 0 Å². The van der Waals surface area contributed by atoms with Gasteiger partial charge in [-0.2, -0.15) is 0 Å². The molecule has 1 N–H and O–H groups in total. The Morgan fingerprint density at radius 3 is 2.60 bits per heavy atom. The van der Waals surface area contributed by atoms with E-state index in [1.165, 1.54) is 7.11 Å². The zero-order valence-corrected chi connectivity index (χ0v) is 13.3. The Kier molecular flexibility index (Phi) is 4.78. The average Bonchev–Trinajstić information content (AvgIpc) is 2.45. The number of hydrogen-bond donors (Lipinski definition) is 1. The maximum absolute atomic E-state index is 14.4. The fraction of sp³-hybridized carbons (Fsp3) is 0.250. The van der Waals surface area contributed by atoms with E-state index in [1.807, 2.05) is 32.2 Å². The van der Waals surface area contributed by atoms with E-state index in [9.17, 15) is 4.39 Å². The summed E-state index contributed by atoms with van der Waals surface area (Å²) >= 11 is 3.54. The quantitative estimate of drug-likeness (QED) is 0.902. The molecule has 0 fully saturated rings. The first-order chi connectivity index (χ1) is 9.58. The molecule has 4 heteroatoms. The van der Waals surface area contributed by atoms with Gasteiger partial charge in [-0.05, 0) is 31.7 Å². The molecule has 0 saturated carbocycles. The summed E-state index contributed by atoms with van der Waals surface area (Å²) in [4.78, 5) is 0. The standard InChI is InChI=1S/C16H17BrFNO/c1-10-7-8-13(17)12(9-10)16(19-2)11-5-4-6-14(20-3)15(11)18/h4-9,16,19H,1-3H3. The van der Waals surface area contributed by atoms with E-state index in [2.05, 4.69) is 21.2 Å². The summed E-state index contributed by atoms with van der Waals surface area (Å²) in [6.45, 7) is 2.02. The maximum Gasteiger partial charge on any atom is 0.170 e. The summed E-state index contributed by atoms with van der Waals surface area (Å²) in [5.41, 5.74) is 2.70. The van der Waals surface area contributed by atoms with Crippen molar-refractivity contribution in [3.8, 4) is 5.75 Å². The molecule has 1 unspecified atom stereocenters. The summed E-state index contributed by atoms with van der Waals surface area (Å²) in [6.07, 6.45) is 0. The molecule has 0 saturated heterocycles. The Bertz CT molecular complexity index is 615. The third kappa shape index (κ3) is 2.86. The highest BCUT2D eigenvalue weighted by molar-refractivity contribution is 9.10. The Hall–Kier alpha value is -1.39.